The fraction of sp³-hybridized carbons (Fsp3) is 0. The van der Waals surface area contributed by atoms with Crippen LogP contribution in [-0.2, 0) is 0 Å². The van der Waals surface area contributed by atoms with Gasteiger partial charge < -0.3 is 11.2 Å². The van der Waals surface area contributed by atoms with Crippen LogP contribution in [0.15, 0.2) is 30.3 Å². The van der Waals surface area contributed by atoms with Crippen LogP contribution >= 0.6 is 12.2 Å². The molecule has 0 saturated heterocycles. The Kier molecular flexibility index (Phi) is 4.64. The second kappa shape index (κ2) is 5.23. The summed E-state index contributed by atoms with van der Waals surface area (Å²) in [6, 6.07) is 8.75. The lowest BCUT2D eigenvalue weighted by atomic mass is 10.2. The van der Waals surface area contributed by atoms with Crippen molar-refractivity contribution in [3.63, 3.8) is 0 Å². The minimum absolute atomic E-state index is 0. The summed E-state index contributed by atoms with van der Waals surface area (Å²) >= 11 is 4.52. The van der Waals surface area contributed by atoms with Crippen LogP contribution in [0.2, 0.25) is 0 Å². The summed E-state index contributed by atoms with van der Waals surface area (Å²) in [5.74, 6) is -0.275. The SMILES string of the molecule is NC(=S)NC(=O)c1ccccc1.O. The predicted molar refractivity (Wildman–Crippen MR) is 54.3 cm³/mol. The van der Waals surface area contributed by atoms with E-state index in [1.165, 1.54) is 0 Å². The number of nitrogens with two attached hydrogens (primary N) is 1. The van der Waals surface area contributed by atoms with Gasteiger partial charge in [0.2, 0.25) is 0 Å². The summed E-state index contributed by atoms with van der Waals surface area (Å²) in [7, 11) is 0. The highest BCUT2D eigenvalue weighted by Crippen LogP contribution is 1.96. The van der Waals surface area contributed by atoms with Crippen LogP contribution in [0.5, 0.6) is 0 Å². The normalized spacial score (nSPS) is 8.31. The van der Waals surface area contributed by atoms with Gasteiger partial charge in [-0.2, -0.15) is 0 Å². The van der Waals surface area contributed by atoms with E-state index < -0.39 is 0 Å². The van der Waals surface area contributed by atoms with E-state index >= 15 is 0 Å². The number of hydrogen-bond acceptors (Lipinski definition) is 2. The molecule has 0 fully saturated rings. The van der Waals surface area contributed by atoms with Crippen LogP contribution in [0.25, 0.3) is 0 Å². The number of amides is 1. The average molecular weight is 198 g/mol. The zero-order chi connectivity index (χ0) is 8.97. The van der Waals surface area contributed by atoms with E-state index in [0.717, 1.165) is 0 Å². The lowest BCUT2D eigenvalue weighted by Crippen LogP contribution is -2.34. The van der Waals surface area contributed by atoms with Crippen molar-refractivity contribution in [3.05, 3.63) is 35.9 Å². The topological polar surface area (TPSA) is 86.6 Å². The molecule has 0 unspecified atom stereocenters. The van der Waals surface area contributed by atoms with E-state index in [2.05, 4.69) is 17.5 Å². The number of carbonyl (C=O) groups excluding carboxylic acids is 1. The summed E-state index contributed by atoms with van der Waals surface area (Å²) in [5.41, 5.74) is 5.68. The third-order valence-corrected chi connectivity index (χ3v) is 1.37. The van der Waals surface area contributed by atoms with Crippen LogP contribution in [0.1, 0.15) is 10.4 Å². The molecule has 5 N–H and O–H groups in total. The van der Waals surface area contributed by atoms with Gasteiger partial charge in [-0.05, 0) is 24.4 Å². The van der Waals surface area contributed by atoms with Gasteiger partial charge >= 0.3 is 0 Å². The molecule has 1 rings (SSSR count). The Morgan fingerprint density at radius 1 is 1.31 bits per heavy atom. The van der Waals surface area contributed by atoms with Crippen molar-refractivity contribution in [2.75, 3.05) is 0 Å². The molecule has 0 radical (unpaired) electrons. The van der Waals surface area contributed by atoms with Gasteiger partial charge in [-0.25, -0.2) is 0 Å². The standard InChI is InChI=1S/C8H8N2OS.H2O/c9-8(12)10-7(11)6-4-2-1-3-5-6;/h1-5H,(H3,9,10,11,12);1H2. The Morgan fingerprint density at radius 2 is 1.85 bits per heavy atom. The highest BCUT2D eigenvalue weighted by molar-refractivity contribution is 7.80. The molecule has 4 nitrogen and oxygen atoms in total. The highest BCUT2D eigenvalue weighted by Gasteiger charge is 2.03. The molecule has 0 bridgehead atoms. The summed E-state index contributed by atoms with van der Waals surface area (Å²) in [4.78, 5) is 11.2. The predicted octanol–water partition coefficient (Wildman–Crippen LogP) is -0.165. The van der Waals surface area contributed by atoms with Crippen molar-refractivity contribution in [1.29, 1.82) is 0 Å². The molecule has 0 aliphatic carbocycles. The fourth-order valence-corrected chi connectivity index (χ4v) is 0.866. The Bertz CT molecular complexity index is 300. The van der Waals surface area contributed by atoms with Crippen LogP contribution < -0.4 is 11.1 Å². The van der Waals surface area contributed by atoms with Gasteiger partial charge in [0.15, 0.2) is 5.11 Å². The van der Waals surface area contributed by atoms with Gasteiger partial charge in [0, 0.05) is 5.56 Å². The molecule has 1 amide bonds. The molecule has 70 valence electrons. The molecule has 0 saturated carbocycles. The van der Waals surface area contributed by atoms with Crippen molar-refractivity contribution >= 4 is 23.2 Å². The summed E-state index contributed by atoms with van der Waals surface area (Å²) in [5, 5.41) is 2.32. The monoisotopic (exact) mass is 198 g/mol. The Morgan fingerprint density at radius 3 is 2.31 bits per heavy atom. The van der Waals surface area contributed by atoms with Gasteiger partial charge in [-0.3, -0.25) is 10.1 Å². The van der Waals surface area contributed by atoms with Gasteiger partial charge in [-0.15, -0.1) is 0 Å². The minimum atomic E-state index is -0.275. The van der Waals surface area contributed by atoms with Gasteiger partial charge in [0.1, 0.15) is 0 Å². The van der Waals surface area contributed by atoms with Crippen LogP contribution in [-0.4, -0.2) is 16.5 Å². The van der Waals surface area contributed by atoms with Crippen LogP contribution in [0.3, 0.4) is 0 Å². The first kappa shape index (κ1) is 11.5. The second-order valence-electron chi connectivity index (χ2n) is 2.18. The third kappa shape index (κ3) is 3.64. The Hall–Kier alpha value is -1.46. The number of rotatable bonds is 1. The van der Waals surface area contributed by atoms with Gasteiger partial charge in [0.25, 0.3) is 5.91 Å². The summed E-state index contributed by atoms with van der Waals surface area (Å²) in [6.07, 6.45) is 0. The van der Waals surface area contributed by atoms with E-state index in [0.29, 0.717) is 5.56 Å². The van der Waals surface area contributed by atoms with E-state index in [1.807, 2.05) is 6.07 Å². The smallest absolute Gasteiger partial charge is 0.257 e. The molecule has 0 atom stereocenters. The first-order valence-electron chi connectivity index (χ1n) is 3.36. The van der Waals surface area contributed by atoms with Crippen molar-refractivity contribution in [2.45, 2.75) is 0 Å². The number of thiocarbonyl (C=S) groups is 1. The largest absolute Gasteiger partial charge is 0.412 e. The molecule has 0 aliphatic rings. The van der Waals surface area contributed by atoms with Crippen molar-refractivity contribution in [2.24, 2.45) is 5.73 Å². The molecule has 1 aromatic rings. The summed E-state index contributed by atoms with van der Waals surface area (Å²) in [6.45, 7) is 0. The maximum atomic E-state index is 11.2. The second-order valence-corrected chi connectivity index (χ2v) is 2.62. The maximum Gasteiger partial charge on any atom is 0.257 e. The molecule has 13 heavy (non-hydrogen) atoms. The van der Waals surface area contributed by atoms with Crippen molar-refractivity contribution < 1.29 is 10.3 Å². The molecular formula is C8H10N2O2S. The molecule has 1 aromatic carbocycles. The van der Waals surface area contributed by atoms with E-state index in [9.17, 15) is 4.79 Å². The van der Waals surface area contributed by atoms with E-state index in [4.69, 9.17) is 5.73 Å². The molecule has 0 spiro atoms. The molecule has 0 aromatic heterocycles. The maximum absolute atomic E-state index is 11.2. The van der Waals surface area contributed by atoms with Gasteiger partial charge in [0.05, 0.1) is 0 Å². The number of hydrogen-bond donors (Lipinski definition) is 2. The third-order valence-electron chi connectivity index (χ3n) is 1.27. The lowest BCUT2D eigenvalue weighted by molar-refractivity contribution is 0.0977. The van der Waals surface area contributed by atoms with E-state index in [1.54, 1.807) is 24.3 Å². The first-order valence-corrected chi connectivity index (χ1v) is 3.77. The number of carbonyl (C=O) groups is 1. The van der Waals surface area contributed by atoms with E-state index in [-0.39, 0.29) is 16.5 Å². The van der Waals surface area contributed by atoms with Crippen molar-refractivity contribution in [1.82, 2.24) is 5.32 Å². The van der Waals surface area contributed by atoms with Gasteiger partial charge in [-0.1, -0.05) is 18.2 Å². The molecular weight excluding hydrogens is 188 g/mol. The molecule has 5 heteroatoms. The molecule has 0 aliphatic heterocycles. The fourth-order valence-electron chi connectivity index (χ4n) is 0.774. The lowest BCUT2D eigenvalue weighted by Gasteiger charge is -2.00. The van der Waals surface area contributed by atoms with Crippen molar-refractivity contribution in [3.8, 4) is 0 Å². The summed E-state index contributed by atoms with van der Waals surface area (Å²) < 4.78 is 0. The highest BCUT2D eigenvalue weighted by atomic mass is 32.1. The Labute approximate surface area is 81.1 Å². The number of nitrogens with one attached hydrogen (secondary N) is 1. The number of benzene rings is 1. The zero-order valence-corrected chi connectivity index (χ0v) is 7.60. The Balaban J connectivity index is 0.00000144. The first-order chi connectivity index (χ1) is 5.70. The van der Waals surface area contributed by atoms with Crippen LogP contribution in [0, 0.1) is 0 Å². The minimum Gasteiger partial charge on any atom is -0.412 e. The molecule has 0 heterocycles. The zero-order valence-electron chi connectivity index (χ0n) is 6.78. The quantitative estimate of drug-likeness (QED) is 0.614. The average Bonchev–Trinajstić information content (AvgIpc) is 2.05. The van der Waals surface area contributed by atoms with Crippen LogP contribution in [0.4, 0.5) is 0 Å².